The number of benzene rings is 1. The summed E-state index contributed by atoms with van der Waals surface area (Å²) in [6, 6.07) is 9.70. The predicted molar refractivity (Wildman–Crippen MR) is 111 cm³/mol. The van der Waals surface area contributed by atoms with E-state index in [-0.39, 0.29) is 5.91 Å². The van der Waals surface area contributed by atoms with Gasteiger partial charge in [-0.15, -0.1) is 0 Å². The van der Waals surface area contributed by atoms with Crippen LogP contribution in [0.1, 0.15) is 50.0 Å². The van der Waals surface area contributed by atoms with Crippen LogP contribution in [0, 0.1) is 0 Å². The van der Waals surface area contributed by atoms with E-state index in [2.05, 4.69) is 51.1 Å². The summed E-state index contributed by atoms with van der Waals surface area (Å²) in [6.07, 6.45) is 6.20. The molecule has 0 radical (unpaired) electrons. The van der Waals surface area contributed by atoms with E-state index in [0.717, 1.165) is 44.7 Å². The molecule has 0 saturated carbocycles. The molecule has 2 heterocycles. The molecule has 1 aromatic carbocycles. The molecule has 0 unspecified atom stereocenters. The minimum atomic E-state index is -0.208. The van der Waals surface area contributed by atoms with Gasteiger partial charge in [-0.25, -0.2) is 9.97 Å². The van der Waals surface area contributed by atoms with Gasteiger partial charge in [-0.1, -0.05) is 13.8 Å². The highest BCUT2D eigenvalue weighted by molar-refractivity contribution is 6.03. The normalized spacial score (nSPS) is 13.6. The van der Waals surface area contributed by atoms with Crippen LogP contribution in [-0.4, -0.2) is 42.1 Å². The molecule has 2 aromatic rings. The molecule has 0 bridgehead atoms. The van der Waals surface area contributed by atoms with Crippen molar-refractivity contribution in [2.75, 3.05) is 41.3 Å². The lowest BCUT2D eigenvalue weighted by molar-refractivity contribution is 0.102. The molecule has 1 amide bonds. The van der Waals surface area contributed by atoms with E-state index in [1.54, 1.807) is 12.3 Å². The van der Waals surface area contributed by atoms with Gasteiger partial charge in [0.15, 0.2) is 0 Å². The maximum Gasteiger partial charge on any atom is 0.274 e. The van der Waals surface area contributed by atoms with Gasteiger partial charge in [0.25, 0.3) is 5.91 Å². The molecular weight excluding hydrogens is 338 g/mol. The number of carbonyl (C=O) groups is 1. The maximum absolute atomic E-state index is 12.6. The molecule has 1 saturated heterocycles. The van der Waals surface area contributed by atoms with Gasteiger partial charge >= 0.3 is 0 Å². The second kappa shape index (κ2) is 9.35. The first kappa shape index (κ1) is 19.1. The standard InChI is InChI=1S/C21H29N5O/c1-3-13-26(14-4-2)21-22-12-11-19(24-21)20(27)23-17-7-9-18(10-8-17)25-15-5-6-16-25/h7-12H,3-6,13-16H2,1-2H3,(H,23,27). The molecule has 144 valence electrons. The fourth-order valence-electron chi connectivity index (χ4n) is 3.40. The first-order valence-electron chi connectivity index (χ1n) is 9.95. The zero-order valence-corrected chi connectivity index (χ0v) is 16.3. The number of anilines is 3. The van der Waals surface area contributed by atoms with Crippen molar-refractivity contribution in [3.05, 3.63) is 42.2 Å². The Hall–Kier alpha value is -2.63. The summed E-state index contributed by atoms with van der Waals surface area (Å²) in [6.45, 7) is 8.26. The van der Waals surface area contributed by atoms with E-state index in [4.69, 9.17) is 0 Å². The molecule has 0 atom stereocenters. The lowest BCUT2D eigenvalue weighted by atomic mass is 10.2. The number of amides is 1. The summed E-state index contributed by atoms with van der Waals surface area (Å²) in [5.74, 6) is 0.413. The van der Waals surface area contributed by atoms with Gasteiger partial charge in [-0.05, 0) is 56.0 Å². The quantitative estimate of drug-likeness (QED) is 0.765. The van der Waals surface area contributed by atoms with Crippen molar-refractivity contribution in [3.8, 4) is 0 Å². The molecule has 3 rings (SSSR count). The van der Waals surface area contributed by atoms with Gasteiger partial charge in [0, 0.05) is 43.8 Å². The van der Waals surface area contributed by atoms with Gasteiger partial charge in [-0.2, -0.15) is 0 Å². The van der Waals surface area contributed by atoms with Crippen LogP contribution in [0.3, 0.4) is 0 Å². The highest BCUT2D eigenvalue weighted by Crippen LogP contribution is 2.22. The topological polar surface area (TPSA) is 61.4 Å². The van der Waals surface area contributed by atoms with Crippen molar-refractivity contribution in [3.63, 3.8) is 0 Å². The Balaban J connectivity index is 1.67. The van der Waals surface area contributed by atoms with Crippen molar-refractivity contribution >= 4 is 23.2 Å². The van der Waals surface area contributed by atoms with Crippen molar-refractivity contribution in [1.82, 2.24) is 9.97 Å². The molecular formula is C21H29N5O. The number of nitrogens with one attached hydrogen (secondary N) is 1. The first-order chi connectivity index (χ1) is 13.2. The number of aromatic nitrogens is 2. The number of nitrogens with zero attached hydrogens (tertiary/aromatic N) is 4. The van der Waals surface area contributed by atoms with E-state index in [1.165, 1.54) is 18.5 Å². The molecule has 1 N–H and O–H groups in total. The number of hydrogen-bond acceptors (Lipinski definition) is 5. The summed E-state index contributed by atoms with van der Waals surface area (Å²) in [4.78, 5) is 25.9. The Morgan fingerprint density at radius 3 is 2.37 bits per heavy atom. The Labute approximate surface area is 161 Å². The fraction of sp³-hybridized carbons (Fsp3) is 0.476. The Morgan fingerprint density at radius 1 is 1.07 bits per heavy atom. The van der Waals surface area contributed by atoms with Crippen LogP contribution in [0.2, 0.25) is 0 Å². The van der Waals surface area contributed by atoms with Gasteiger partial charge in [-0.3, -0.25) is 4.79 Å². The highest BCUT2D eigenvalue weighted by Gasteiger charge is 2.14. The summed E-state index contributed by atoms with van der Waals surface area (Å²) in [7, 11) is 0. The molecule has 1 fully saturated rings. The fourth-order valence-corrected chi connectivity index (χ4v) is 3.40. The van der Waals surface area contributed by atoms with Crippen molar-refractivity contribution in [2.24, 2.45) is 0 Å². The second-order valence-corrected chi connectivity index (χ2v) is 6.92. The van der Waals surface area contributed by atoms with Crippen LogP contribution >= 0.6 is 0 Å². The van der Waals surface area contributed by atoms with E-state index in [0.29, 0.717) is 11.6 Å². The largest absolute Gasteiger partial charge is 0.372 e. The molecule has 6 heteroatoms. The third kappa shape index (κ3) is 4.96. The summed E-state index contributed by atoms with van der Waals surface area (Å²) in [5, 5.41) is 2.94. The minimum absolute atomic E-state index is 0.208. The monoisotopic (exact) mass is 367 g/mol. The zero-order chi connectivity index (χ0) is 19.1. The predicted octanol–water partition coefficient (Wildman–Crippen LogP) is 3.96. The van der Waals surface area contributed by atoms with Crippen LogP contribution in [0.25, 0.3) is 0 Å². The number of rotatable bonds is 8. The average Bonchev–Trinajstić information content (AvgIpc) is 3.23. The summed E-state index contributed by atoms with van der Waals surface area (Å²) in [5.41, 5.74) is 2.38. The molecule has 1 aliphatic rings. The van der Waals surface area contributed by atoms with Crippen molar-refractivity contribution in [1.29, 1.82) is 0 Å². The van der Waals surface area contributed by atoms with Crippen molar-refractivity contribution < 1.29 is 4.79 Å². The Kier molecular flexibility index (Phi) is 6.63. The molecule has 1 aromatic heterocycles. The smallest absolute Gasteiger partial charge is 0.274 e. The van der Waals surface area contributed by atoms with Crippen LogP contribution in [-0.2, 0) is 0 Å². The third-order valence-electron chi connectivity index (χ3n) is 4.74. The Morgan fingerprint density at radius 2 is 1.74 bits per heavy atom. The van der Waals surface area contributed by atoms with Crippen LogP contribution in [0.5, 0.6) is 0 Å². The number of hydrogen-bond donors (Lipinski definition) is 1. The van der Waals surface area contributed by atoms with Crippen molar-refractivity contribution in [2.45, 2.75) is 39.5 Å². The van der Waals surface area contributed by atoms with Gasteiger partial charge in [0.2, 0.25) is 5.95 Å². The summed E-state index contributed by atoms with van der Waals surface area (Å²) < 4.78 is 0. The molecule has 0 spiro atoms. The lowest BCUT2D eigenvalue weighted by Crippen LogP contribution is -2.27. The lowest BCUT2D eigenvalue weighted by Gasteiger charge is -2.21. The van der Waals surface area contributed by atoms with Gasteiger partial charge < -0.3 is 15.1 Å². The summed E-state index contributed by atoms with van der Waals surface area (Å²) >= 11 is 0. The van der Waals surface area contributed by atoms with E-state index >= 15 is 0 Å². The minimum Gasteiger partial charge on any atom is -0.372 e. The SMILES string of the molecule is CCCN(CCC)c1nccc(C(=O)Nc2ccc(N3CCCC3)cc2)n1. The van der Waals surface area contributed by atoms with E-state index < -0.39 is 0 Å². The molecule has 0 aliphatic carbocycles. The third-order valence-corrected chi connectivity index (χ3v) is 4.74. The first-order valence-corrected chi connectivity index (χ1v) is 9.95. The Bertz CT molecular complexity index is 734. The van der Waals surface area contributed by atoms with E-state index in [9.17, 15) is 4.79 Å². The van der Waals surface area contributed by atoms with Crippen LogP contribution in [0.4, 0.5) is 17.3 Å². The van der Waals surface area contributed by atoms with Gasteiger partial charge in [0.05, 0.1) is 0 Å². The van der Waals surface area contributed by atoms with Crippen LogP contribution < -0.4 is 15.1 Å². The average molecular weight is 367 g/mol. The second-order valence-electron chi connectivity index (χ2n) is 6.92. The number of carbonyl (C=O) groups excluding carboxylic acids is 1. The highest BCUT2D eigenvalue weighted by atomic mass is 16.1. The maximum atomic E-state index is 12.6. The molecule has 6 nitrogen and oxygen atoms in total. The molecule has 1 aliphatic heterocycles. The van der Waals surface area contributed by atoms with E-state index in [1.807, 2.05) is 12.1 Å². The zero-order valence-electron chi connectivity index (χ0n) is 16.3. The van der Waals surface area contributed by atoms with Gasteiger partial charge in [0.1, 0.15) is 5.69 Å². The molecule has 27 heavy (non-hydrogen) atoms. The van der Waals surface area contributed by atoms with Crippen LogP contribution in [0.15, 0.2) is 36.5 Å².